The monoisotopic (exact) mass is 454 g/mol. The molecule has 7 nitrogen and oxygen atoms in total. The number of hydrogen-bond acceptors (Lipinski definition) is 6. The van der Waals surface area contributed by atoms with Gasteiger partial charge in [0.05, 0.1) is 19.3 Å². The molecule has 2 fully saturated rings. The molecule has 1 aliphatic heterocycles. The molecule has 4 rings (SSSR count). The van der Waals surface area contributed by atoms with Gasteiger partial charge in [-0.1, -0.05) is 42.0 Å². The van der Waals surface area contributed by atoms with Gasteiger partial charge < -0.3 is 14.6 Å². The van der Waals surface area contributed by atoms with Crippen LogP contribution >= 0.6 is 0 Å². The maximum absolute atomic E-state index is 10.6. The molecule has 4 atom stereocenters. The Bertz CT molecular complexity index is 851. The van der Waals surface area contributed by atoms with Gasteiger partial charge in [0.1, 0.15) is 5.82 Å². The van der Waals surface area contributed by atoms with Crippen LogP contribution in [0.1, 0.15) is 61.9 Å². The fourth-order valence-electron chi connectivity index (χ4n) is 5.43. The minimum absolute atomic E-state index is 0.102. The van der Waals surface area contributed by atoms with E-state index in [1.807, 2.05) is 0 Å². The quantitative estimate of drug-likeness (QED) is 0.369. The normalized spacial score (nSPS) is 24.7. The first-order valence-electron chi connectivity index (χ1n) is 12.5. The third-order valence-corrected chi connectivity index (χ3v) is 7.20. The van der Waals surface area contributed by atoms with E-state index >= 15 is 0 Å². The van der Waals surface area contributed by atoms with E-state index in [4.69, 9.17) is 9.47 Å². The van der Waals surface area contributed by atoms with Crippen molar-refractivity contribution in [3.05, 3.63) is 53.4 Å². The topological polar surface area (TPSA) is 93.2 Å². The number of aryl methyl sites for hydroxylation is 2. The lowest BCUT2D eigenvalue weighted by Gasteiger charge is -2.26. The molecule has 1 saturated heterocycles. The minimum atomic E-state index is -0.186. The second-order valence-corrected chi connectivity index (χ2v) is 9.66. The molecule has 0 amide bonds. The number of ether oxygens (including phenoxy) is 2. The summed E-state index contributed by atoms with van der Waals surface area (Å²) < 4.78 is 11.8. The molecule has 180 valence electrons. The molecule has 4 unspecified atom stereocenters. The zero-order chi connectivity index (χ0) is 22.9. The van der Waals surface area contributed by atoms with Crippen LogP contribution in [-0.2, 0) is 22.3 Å². The number of nitrogens with one attached hydrogen (secondary N) is 1. The van der Waals surface area contributed by atoms with Gasteiger partial charge in [0.15, 0.2) is 6.29 Å². The number of unbranched alkanes of at least 4 members (excludes halogenated alkanes) is 1. The number of aliphatic hydroxyl groups is 1. The Kier molecular flexibility index (Phi) is 9.03. The molecule has 1 aliphatic carbocycles. The third kappa shape index (κ3) is 7.19. The number of aliphatic hydroxyl groups excluding tert-OH is 1. The average Bonchev–Trinajstić information content (AvgIpc) is 3.57. The molecule has 1 aromatic heterocycles. The lowest BCUT2D eigenvalue weighted by atomic mass is 9.84. The van der Waals surface area contributed by atoms with Crippen LogP contribution in [0.25, 0.3) is 0 Å². The minimum Gasteiger partial charge on any atom is -0.393 e. The molecule has 1 saturated carbocycles. The summed E-state index contributed by atoms with van der Waals surface area (Å²) in [5, 5.41) is 24.5. The fourth-order valence-corrected chi connectivity index (χ4v) is 5.43. The standard InChI is InChI=1S/C26H38N4O3/c1-19-7-6-8-20(17-19)18-22(26-32-15-16-33-26)12-11-21-13-14-24(31)23(21)9-4-2-3-5-10-25-27-29-30-28-25/h2,4,6-8,17,21-24,26,31H,3,5,9-16,18H2,1H3,(H,27,28,29,30)/b4-2-. The van der Waals surface area contributed by atoms with Gasteiger partial charge >= 0.3 is 0 Å². The number of rotatable bonds is 12. The van der Waals surface area contributed by atoms with Crippen LogP contribution in [0, 0.1) is 24.7 Å². The van der Waals surface area contributed by atoms with Gasteiger partial charge in [0.25, 0.3) is 0 Å². The Morgan fingerprint density at radius 2 is 2.09 bits per heavy atom. The van der Waals surface area contributed by atoms with Crippen molar-refractivity contribution in [2.45, 2.75) is 77.1 Å². The number of H-pyrrole nitrogens is 1. The smallest absolute Gasteiger partial charge is 0.160 e. The van der Waals surface area contributed by atoms with Crippen molar-refractivity contribution in [1.29, 1.82) is 0 Å². The SMILES string of the molecule is Cc1cccc(CC(CCC2CCC(O)C2C/C=C\CCCc2nnn[nH]2)C2OCCO2)c1. The number of hydrogen-bond donors (Lipinski definition) is 2. The van der Waals surface area contributed by atoms with Crippen LogP contribution in [0.2, 0.25) is 0 Å². The first kappa shape index (κ1) is 24.0. The summed E-state index contributed by atoms with van der Waals surface area (Å²) in [5.41, 5.74) is 2.65. The molecular weight excluding hydrogens is 416 g/mol. The van der Waals surface area contributed by atoms with E-state index in [2.05, 4.69) is 64.0 Å². The molecule has 2 aliphatic rings. The highest BCUT2D eigenvalue weighted by Crippen LogP contribution is 2.39. The van der Waals surface area contributed by atoms with Crippen molar-refractivity contribution in [1.82, 2.24) is 20.6 Å². The molecule has 0 bridgehead atoms. The van der Waals surface area contributed by atoms with Crippen molar-refractivity contribution < 1.29 is 14.6 Å². The van der Waals surface area contributed by atoms with Crippen molar-refractivity contribution in [3.63, 3.8) is 0 Å². The Morgan fingerprint density at radius 3 is 2.88 bits per heavy atom. The van der Waals surface area contributed by atoms with Crippen LogP contribution in [0.5, 0.6) is 0 Å². The van der Waals surface area contributed by atoms with Crippen LogP contribution in [0.4, 0.5) is 0 Å². The van der Waals surface area contributed by atoms with Crippen molar-refractivity contribution >= 4 is 0 Å². The molecule has 2 N–H and O–H groups in total. The van der Waals surface area contributed by atoms with Crippen LogP contribution in [0.3, 0.4) is 0 Å². The molecule has 0 radical (unpaired) electrons. The first-order valence-corrected chi connectivity index (χ1v) is 12.5. The molecule has 33 heavy (non-hydrogen) atoms. The summed E-state index contributed by atoms with van der Waals surface area (Å²) in [6.07, 6.45) is 13.3. The molecule has 0 spiro atoms. The van der Waals surface area contributed by atoms with E-state index in [1.165, 1.54) is 11.1 Å². The van der Waals surface area contributed by atoms with Gasteiger partial charge in [-0.15, -0.1) is 5.10 Å². The Hall–Kier alpha value is -2.09. The van der Waals surface area contributed by atoms with E-state index in [-0.39, 0.29) is 12.4 Å². The van der Waals surface area contributed by atoms with Gasteiger partial charge in [0.2, 0.25) is 0 Å². The van der Waals surface area contributed by atoms with E-state index in [9.17, 15) is 5.11 Å². The maximum Gasteiger partial charge on any atom is 0.160 e. The Balaban J connectivity index is 1.26. The number of allylic oxidation sites excluding steroid dienone is 2. The number of tetrazole rings is 1. The van der Waals surface area contributed by atoms with E-state index in [1.54, 1.807) is 0 Å². The summed E-state index contributed by atoms with van der Waals surface area (Å²) in [5.74, 6) is 2.11. The summed E-state index contributed by atoms with van der Waals surface area (Å²) in [6.45, 7) is 3.53. The second-order valence-electron chi connectivity index (χ2n) is 9.66. The Labute approximate surface area is 197 Å². The summed E-state index contributed by atoms with van der Waals surface area (Å²) in [4.78, 5) is 0. The summed E-state index contributed by atoms with van der Waals surface area (Å²) in [7, 11) is 0. The molecule has 1 aromatic carbocycles. The number of benzene rings is 1. The third-order valence-electron chi connectivity index (χ3n) is 7.20. The second kappa shape index (κ2) is 12.4. The van der Waals surface area contributed by atoms with E-state index in [0.717, 1.165) is 63.6 Å². The predicted molar refractivity (Wildman–Crippen MR) is 126 cm³/mol. The highest BCUT2D eigenvalue weighted by Gasteiger charge is 2.35. The number of aromatic amines is 1. The lowest BCUT2D eigenvalue weighted by Crippen LogP contribution is -2.26. The molecule has 2 heterocycles. The first-order chi connectivity index (χ1) is 16.2. The summed E-state index contributed by atoms with van der Waals surface area (Å²) in [6, 6.07) is 8.76. The van der Waals surface area contributed by atoms with Gasteiger partial charge in [-0.05, 0) is 86.1 Å². The van der Waals surface area contributed by atoms with Crippen LogP contribution < -0.4 is 0 Å². The zero-order valence-corrected chi connectivity index (χ0v) is 19.7. The molecule has 2 aromatic rings. The zero-order valence-electron chi connectivity index (χ0n) is 19.7. The lowest BCUT2D eigenvalue weighted by molar-refractivity contribution is -0.0868. The number of aromatic nitrogens is 4. The maximum atomic E-state index is 10.6. The van der Waals surface area contributed by atoms with Crippen LogP contribution in [-0.4, -0.2) is 51.3 Å². The molecular formula is C26H38N4O3. The fraction of sp³-hybridized carbons (Fsp3) is 0.654. The Morgan fingerprint density at radius 1 is 1.21 bits per heavy atom. The predicted octanol–water partition coefficient (Wildman–Crippen LogP) is 4.18. The number of nitrogens with zero attached hydrogens (tertiary/aromatic N) is 3. The largest absolute Gasteiger partial charge is 0.393 e. The van der Waals surface area contributed by atoms with Crippen molar-refractivity contribution in [2.24, 2.45) is 17.8 Å². The highest BCUT2D eigenvalue weighted by atomic mass is 16.7. The highest BCUT2D eigenvalue weighted by molar-refractivity contribution is 5.22. The van der Waals surface area contributed by atoms with Gasteiger partial charge in [0, 0.05) is 12.3 Å². The van der Waals surface area contributed by atoms with E-state index in [0.29, 0.717) is 31.0 Å². The van der Waals surface area contributed by atoms with Crippen molar-refractivity contribution in [3.8, 4) is 0 Å². The van der Waals surface area contributed by atoms with E-state index < -0.39 is 0 Å². The van der Waals surface area contributed by atoms with Gasteiger partial charge in [-0.25, -0.2) is 5.10 Å². The summed E-state index contributed by atoms with van der Waals surface area (Å²) >= 11 is 0. The van der Waals surface area contributed by atoms with Crippen molar-refractivity contribution in [2.75, 3.05) is 13.2 Å². The van der Waals surface area contributed by atoms with Gasteiger partial charge in [-0.3, -0.25) is 0 Å². The van der Waals surface area contributed by atoms with Crippen LogP contribution in [0.15, 0.2) is 36.4 Å². The molecule has 7 heteroatoms. The van der Waals surface area contributed by atoms with Gasteiger partial charge in [-0.2, -0.15) is 0 Å². The average molecular weight is 455 g/mol.